The zero-order chi connectivity index (χ0) is 15.1. The van der Waals surface area contributed by atoms with Gasteiger partial charge in [-0.05, 0) is 12.1 Å². The van der Waals surface area contributed by atoms with Crippen LogP contribution in [-0.2, 0) is 0 Å². The monoisotopic (exact) mass is 284 g/mol. The van der Waals surface area contributed by atoms with Crippen molar-refractivity contribution >= 4 is 16.6 Å². The average Bonchev–Trinajstić information content (AvgIpc) is 2.43. The number of fused-ring (bicyclic) bond motifs is 1. The number of hydrogen-bond donors (Lipinski definition) is 5. The third kappa shape index (κ3) is 2.02. The van der Waals surface area contributed by atoms with Crippen LogP contribution in [0.1, 0.15) is 0 Å². The smallest absolute Gasteiger partial charge is 0.235 e. The summed E-state index contributed by atoms with van der Waals surface area (Å²) >= 11 is 0. The molecule has 0 unspecified atom stereocenters. The van der Waals surface area contributed by atoms with Crippen LogP contribution >= 0.6 is 0 Å². The van der Waals surface area contributed by atoms with Gasteiger partial charge in [-0.1, -0.05) is 12.1 Å². The fourth-order valence-corrected chi connectivity index (χ4v) is 2.23. The lowest BCUT2D eigenvalue weighted by molar-refractivity contribution is 0.452. The first-order valence-electron chi connectivity index (χ1n) is 6.14. The van der Waals surface area contributed by atoms with Crippen molar-refractivity contribution in [3.05, 3.63) is 46.6 Å². The molecule has 6 heteroatoms. The van der Waals surface area contributed by atoms with E-state index in [0.29, 0.717) is 11.3 Å². The summed E-state index contributed by atoms with van der Waals surface area (Å²) in [5, 5.41) is 29.2. The van der Waals surface area contributed by atoms with Crippen LogP contribution < -0.4 is 11.2 Å². The number of aromatic hydroxyl groups is 3. The third-order valence-corrected chi connectivity index (χ3v) is 3.24. The average molecular weight is 284 g/mol. The first kappa shape index (κ1) is 12.9. The second-order valence-electron chi connectivity index (χ2n) is 4.69. The number of nitrogens with two attached hydrogens (primary N) is 1. The Hall–Kier alpha value is -3.15. The molecule has 106 valence electrons. The Bertz CT molecular complexity index is 898. The van der Waals surface area contributed by atoms with Crippen LogP contribution in [0.4, 0.5) is 5.69 Å². The molecule has 0 saturated heterocycles. The number of pyridine rings is 1. The maximum Gasteiger partial charge on any atom is 0.235 e. The van der Waals surface area contributed by atoms with Crippen molar-refractivity contribution in [1.29, 1.82) is 0 Å². The molecule has 0 aliphatic heterocycles. The maximum absolute atomic E-state index is 12.2. The SMILES string of the molecule is Nc1ccc(-c2[nH]c3cc(O)cc(O)c3c(=O)c2O)cc1. The van der Waals surface area contributed by atoms with E-state index in [1.54, 1.807) is 24.3 Å². The molecule has 1 aromatic heterocycles. The largest absolute Gasteiger partial charge is 0.508 e. The lowest BCUT2D eigenvalue weighted by Crippen LogP contribution is -2.05. The van der Waals surface area contributed by atoms with Gasteiger partial charge in [0.2, 0.25) is 5.43 Å². The van der Waals surface area contributed by atoms with Crippen molar-refractivity contribution in [2.45, 2.75) is 0 Å². The molecule has 0 spiro atoms. The zero-order valence-corrected chi connectivity index (χ0v) is 10.8. The number of H-pyrrole nitrogens is 1. The Morgan fingerprint density at radius 1 is 1.00 bits per heavy atom. The van der Waals surface area contributed by atoms with Gasteiger partial charge in [-0.15, -0.1) is 0 Å². The Balaban J connectivity index is 2.37. The van der Waals surface area contributed by atoms with E-state index in [0.717, 1.165) is 6.07 Å². The van der Waals surface area contributed by atoms with Crippen molar-refractivity contribution in [3.8, 4) is 28.5 Å². The van der Waals surface area contributed by atoms with E-state index < -0.39 is 16.9 Å². The molecule has 0 aliphatic rings. The van der Waals surface area contributed by atoms with Crippen LogP contribution in [0.15, 0.2) is 41.2 Å². The summed E-state index contributed by atoms with van der Waals surface area (Å²) in [7, 11) is 0. The summed E-state index contributed by atoms with van der Waals surface area (Å²) in [5.41, 5.74) is 6.42. The van der Waals surface area contributed by atoms with Crippen molar-refractivity contribution in [3.63, 3.8) is 0 Å². The quantitative estimate of drug-likeness (QED) is 0.437. The standard InChI is InChI=1S/C15H12N2O4/c16-8-3-1-7(2-4-8)13-15(21)14(20)12-10(17-13)5-9(18)6-11(12)19/h1-6,18-19,21H,16H2,(H,17,20). The second kappa shape index (κ2) is 4.45. The van der Waals surface area contributed by atoms with Gasteiger partial charge in [0.15, 0.2) is 5.75 Å². The molecule has 2 aromatic carbocycles. The van der Waals surface area contributed by atoms with E-state index in [1.165, 1.54) is 6.07 Å². The third-order valence-electron chi connectivity index (χ3n) is 3.24. The van der Waals surface area contributed by atoms with Crippen molar-refractivity contribution in [2.75, 3.05) is 5.73 Å². The highest BCUT2D eigenvalue weighted by atomic mass is 16.3. The number of nitrogens with one attached hydrogen (secondary N) is 1. The summed E-state index contributed by atoms with van der Waals surface area (Å²) in [5.74, 6) is -1.09. The molecule has 6 N–H and O–H groups in total. The number of phenolic OH excluding ortho intramolecular Hbond substituents is 2. The first-order chi connectivity index (χ1) is 9.97. The Kier molecular flexibility index (Phi) is 2.72. The number of phenols is 2. The molecule has 1 heterocycles. The minimum Gasteiger partial charge on any atom is -0.508 e. The summed E-state index contributed by atoms with van der Waals surface area (Å²) in [6, 6.07) is 8.91. The highest BCUT2D eigenvalue weighted by Crippen LogP contribution is 2.32. The zero-order valence-electron chi connectivity index (χ0n) is 10.8. The van der Waals surface area contributed by atoms with Crippen LogP contribution in [0.5, 0.6) is 17.2 Å². The van der Waals surface area contributed by atoms with Crippen molar-refractivity contribution in [2.24, 2.45) is 0 Å². The van der Waals surface area contributed by atoms with Gasteiger partial charge in [-0.3, -0.25) is 4.79 Å². The van der Waals surface area contributed by atoms with E-state index in [4.69, 9.17) is 5.73 Å². The molecule has 0 fully saturated rings. The normalized spacial score (nSPS) is 10.9. The highest BCUT2D eigenvalue weighted by molar-refractivity contribution is 5.90. The predicted octanol–water partition coefficient (Wildman–Crippen LogP) is 1.89. The van der Waals surface area contributed by atoms with E-state index in [2.05, 4.69) is 4.98 Å². The van der Waals surface area contributed by atoms with Gasteiger partial charge in [0.25, 0.3) is 0 Å². The molecule has 0 saturated carbocycles. The van der Waals surface area contributed by atoms with E-state index in [9.17, 15) is 20.1 Å². The lowest BCUT2D eigenvalue weighted by Gasteiger charge is -2.09. The van der Waals surface area contributed by atoms with Gasteiger partial charge < -0.3 is 26.0 Å². The maximum atomic E-state index is 12.2. The molecule has 21 heavy (non-hydrogen) atoms. The van der Waals surface area contributed by atoms with Crippen molar-refractivity contribution < 1.29 is 15.3 Å². The van der Waals surface area contributed by atoms with Gasteiger partial charge in [0.1, 0.15) is 11.5 Å². The van der Waals surface area contributed by atoms with Crippen LogP contribution in [0.3, 0.4) is 0 Å². The van der Waals surface area contributed by atoms with E-state index >= 15 is 0 Å². The Morgan fingerprint density at radius 2 is 1.67 bits per heavy atom. The fraction of sp³-hybridized carbons (Fsp3) is 0. The second-order valence-corrected chi connectivity index (χ2v) is 4.69. The number of nitrogen functional groups attached to an aromatic ring is 1. The summed E-state index contributed by atoms with van der Waals surface area (Å²) in [6.45, 7) is 0. The van der Waals surface area contributed by atoms with Gasteiger partial charge >= 0.3 is 0 Å². The highest BCUT2D eigenvalue weighted by Gasteiger charge is 2.16. The summed E-state index contributed by atoms with van der Waals surface area (Å²) < 4.78 is 0. The molecule has 0 radical (unpaired) electrons. The number of hydrogen-bond acceptors (Lipinski definition) is 5. The van der Waals surface area contributed by atoms with Crippen LogP contribution in [0, 0.1) is 0 Å². The molecule has 0 aliphatic carbocycles. The van der Waals surface area contributed by atoms with Gasteiger partial charge in [-0.25, -0.2) is 0 Å². The van der Waals surface area contributed by atoms with Gasteiger partial charge in [-0.2, -0.15) is 0 Å². The van der Waals surface area contributed by atoms with E-state index in [-0.39, 0.29) is 22.3 Å². The summed E-state index contributed by atoms with van der Waals surface area (Å²) in [6.07, 6.45) is 0. The number of rotatable bonds is 1. The molecular formula is C15H12N2O4. The van der Waals surface area contributed by atoms with E-state index in [1.807, 2.05) is 0 Å². The predicted molar refractivity (Wildman–Crippen MR) is 79.4 cm³/mol. The lowest BCUT2D eigenvalue weighted by atomic mass is 10.1. The van der Waals surface area contributed by atoms with Crippen molar-refractivity contribution in [1.82, 2.24) is 4.98 Å². The number of anilines is 1. The molecule has 3 aromatic rings. The molecule has 0 bridgehead atoms. The topological polar surface area (TPSA) is 120 Å². The first-order valence-corrected chi connectivity index (χ1v) is 6.14. The molecule has 3 rings (SSSR count). The number of aromatic nitrogens is 1. The molecular weight excluding hydrogens is 272 g/mol. The van der Waals surface area contributed by atoms with Crippen LogP contribution in [0.25, 0.3) is 22.2 Å². The minimum atomic E-state index is -0.715. The molecule has 0 atom stereocenters. The summed E-state index contributed by atoms with van der Waals surface area (Å²) in [4.78, 5) is 15.0. The number of aromatic amines is 1. The van der Waals surface area contributed by atoms with Crippen LogP contribution in [0.2, 0.25) is 0 Å². The molecule has 6 nitrogen and oxygen atoms in total. The molecule has 0 amide bonds. The fourth-order valence-electron chi connectivity index (χ4n) is 2.23. The Morgan fingerprint density at radius 3 is 2.33 bits per heavy atom. The Labute approximate surface area is 118 Å². The van der Waals surface area contributed by atoms with Crippen LogP contribution in [-0.4, -0.2) is 20.3 Å². The number of benzene rings is 2. The van der Waals surface area contributed by atoms with Gasteiger partial charge in [0, 0.05) is 23.4 Å². The van der Waals surface area contributed by atoms with Gasteiger partial charge in [0.05, 0.1) is 16.6 Å². The minimum absolute atomic E-state index is 0.0792.